The van der Waals surface area contributed by atoms with Crippen LogP contribution in [0, 0.1) is 0 Å². The van der Waals surface area contributed by atoms with Gasteiger partial charge < -0.3 is 9.32 Å². The Kier molecular flexibility index (Phi) is 5.45. The molecule has 0 aliphatic rings. The highest BCUT2D eigenvalue weighted by molar-refractivity contribution is 6.04. The van der Waals surface area contributed by atoms with Crippen molar-refractivity contribution in [2.75, 3.05) is 4.90 Å². The molecule has 0 saturated heterocycles. The summed E-state index contributed by atoms with van der Waals surface area (Å²) in [6.07, 6.45) is 1.81. The highest BCUT2D eigenvalue weighted by Crippen LogP contribution is 2.40. The zero-order chi connectivity index (χ0) is 25.3. The molecule has 0 N–H and O–H groups in total. The second-order valence-corrected chi connectivity index (χ2v) is 9.30. The van der Waals surface area contributed by atoms with Crippen LogP contribution < -0.4 is 4.90 Å². The van der Waals surface area contributed by atoms with E-state index in [0.717, 1.165) is 39.1 Å². The molecule has 0 saturated carbocycles. The average molecular weight is 489 g/mol. The number of hydrogen-bond acceptors (Lipinski definition) is 3. The maximum Gasteiger partial charge on any atom is 0.153 e. The molecule has 0 bridgehead atoms. The standard InChI is InChI=1S/C35H24N2O/c1-3-9-25(10-4-1)27-16-18-29(19-17-27)37(30-14-7-13-28(23-30)26-11-5-2-6-12-26)31-20-21-33-32(24-31)35-34(38-33)15-8-22-36-35/h1-24H. The minimum Gasteiger partial charge on any atom is -0.454 e. The fourth-order valence-electron chi connectivity index (χ4n) is 5.06. The Balaban J connectivity index is 1.39. The van der Waals surface area contributed by atoms with E-state index in [1.807, 2.05) is 36.5 Å². The highest BCUT2D eigenvalue weighted by Gasteiger charge is 2.16. The van der Waals surface area contributed by atoms with E-state index in [2.05, 4.69) is 119 Å². The molecule has 7 rings (SSSR count). The van der Waals surface area contributed by atoms with Crippen LogP contribution >= 0.6 is 0 Å². The van der Waals surface area contributed by atoms with Crippen LogP contribution in [0.4, 0.5) is 17.1 Å². The smallest absolute Gasteiger partial charge is 0.153 e. The molecule has 180 valence electrons. The summed E-state index contributed by atoms with van der Waals surface area (Å²) in [5, 5.41) is 1.00. The first-order valence-corrected chi connectivity index (χ1v) is 12.7. The predicted octanol–water partition coefficient (Wildman–Crippen LogP) is 9.78. The maximum absolute atomic E-state index is 6.06. The Bertz CT molecular complexity index is 1860. The third-order valence-corrected chi connectivity index (χ3v) is 6.91. The SMILES string of the molecule is c1ccc(-c2ccc(N(c3cccc(-c4ccccc4)c3)c3ccc4oc5cccnc5c4c3)cc2)cc1. The molecule has 0 aliphatic carbocycles. The molecule has 5 aromatic carbocycles. The van der Waals surface area contributed by atoms with E-state index in [1.165, 1.54) is 22.3 Å². The van der Waals surface area contributed by atoms with E-state index >= 15 is 0 Å². The van der Waals surface area contributed by atoms with Gasteiger partial charge in [0.05, 0.1) is 0 Å². The third kappa shape index (κ3) is 4.00. The number of fused-ring (bicyclic) bond motifs is 3. The summed E-state index contributed by atoms with van der Waals surface area (Å²) in [5.41, 5.74) is 10.5. The lowest BCUT2D eigenvalue weighted by atomic mass is 10.0. The van der Waals surface area contributed by atoms with Crippen molar-refractivity contribution < 1.29 is 4.42 Å². The van der Waals surface area contributed by atoms with Gasteiger partial charge in [0.1, 0.15) is 11.1 Å². The second-order valence-electron chi connectivity index (χ2n) is 9.30. The molecule has 3 heteroatoms. The van der Waals surface area contributed by atoms with Crippen molar-refractivity contribution in [2.24, 2.45) is 0 Å². The zero-order valence-corrected chi connectivity index (χ0v) is 20.7. The average Bonchev–Trinajstić information content (AvgIpc) is 3.37. The van der Waals surface area contributed by atoms with Gasteiger partial charge in [-0.2, -0.15) is 0 Å². The van der Waals surface area contributed by atoms with Crippen LogP contribution in [0.15, 0.2) is 150 Å². The summed E-state index contributed by atoms with van der Waals surface area (Å²) in [6, 6.07) is 48.6. The molecule has 7 aromatic rings. The first-order chi connectivity index (χ1) is 18.8. The van der Waals surface area contributed by atoms with Gasteiger partial charge in [-0.3, -0.25) is 4.98 Å². The van der Waals surface area contributed by atoms with Gasteiger partial charge in [0, 0.05) is 28.6 Å². The zero-order valence-electron chi connectivity index (χ0n) is 20.7. The van der Waals surface area contributed by atoms with Gasteiger partial charge in [-0.15, -0.1) is 0 Å². The molecule has 0 unspecified atom stereocenters. The van der Waals surface area contributed by atoms with Gasteiger partial charge in [0.25, 0.3) is 0 Å². The number of nitrogens with zero attached hydrogens (tertiary/aromatic N) is 2. The van der Waals surface area contributed by atoms with E-state index in [0.29, 0.717) is 0 Å². The summed E-state index contributed by atoms with van der Waals surface area (Å²) in [4.78, 5) is 6.90. The van der Waals surface area contributed by atoms with E-state index in [-0.39, 0.29) is 0 Å². The van der Waals surface area contributed by atoms with Crippen LogP contribution in [0.3, 0.4) is 0 Å². The summed E-state index contributed by atoms with van der Waals surface area (Å²) >= 11 is 0. The fourth-order valence-corrected chi connectivity index (χ4v) is 5.06. The van der Waals surface area contributed by atoms with E-state index in [4.69, 9.17) is 4.42 Å². The minimum absolute atomic E-state index is 0.796. The van der Waals surface area contributed by atoms with Crippen molar-refractivity contribution in [2.45, 2.75) is 0 Å². The lowest BCUT2D eigenvalue weighted by molar-refractivity contribution is 0.668. The fraction of sp³-hybridized carbons (Fsp3) is 0. The van der Waals surface area contributed by atoms with E-state index < -0.39 is 0 Å². The molecule has 0 amide bonds. The molecule has 3 nitrogen and oxygen atoms in total. The third-order valence-electron chi connectivity index (χ3n) is 6.91. The van der Waals surface area contributed by atoms with Crippen LogP contribution in [0.25, 0.3) is 44.3 Å². The number of anilines is 3. The van der Waals surface area contributed by atoms with Gasteiger partial charge in [0.2, 0.25) is 0 Å². The summed E-state index contributed by atoms with van der Waals surface area (Å²) in [5.74, 6) is 0. The molecule has 2 heterocycles. The Hall–Kier alpha value is -5.15. The number of rotatable bonds is 5. The molecule has 0 spiro atoms. The summed E-state index contributed by atoms with van der Waals surface area (Å²) in [7, 11) is 0. The first-order valence-electron chi connectivity index (χ1n) is 12.7. The van der Waals surface area contributed by atoms with E-state index in [9.17, 15) is 0 Å². The number of hydrogen-bond donors (Lipinski definition) is 0. The molecule has 38 heavy (non-hydrogen) atoms. The van der Waals surface area contributed by atoms with Crippen LogP contribution in [-0.4, -0.2) is 4.98 Å². The van der Waals surface area contributed by atoms with Crippen LogP contribution in [-0.2, 0) is 0 Å². The van der Waals surface area contributed by atoms with Crippen molar-refractivity contribution in [3.05, 3.63) is 146 Å². The number of aromatic nitrogens is 1. The normalized spacial score (nSPS) is 11.2. The summed E-state index contributed by atoms with van der Waals surface area (Å²) in [6.45, 7) is 0. The molecule has 2 aromatic heterocycles. The van der Waals surface area contributed by atoms with Gasteiger partial charge >= 0.3 is 0 Å². The quantitative estimate of drug-likeness (QED) is 0.241. The Labute approximate surface area is 221 Å². The van der Waals surface area contributed by atoms with Crippen molar-refractivity contribution in [3.63, 3.8) is 0 Å². The molecule has 0 atom stereocenters. The van der Waals surface area contributed by atoms with Gasteiger partial charge in [-0.05, 0) is 76.9 Å². The maximum atomic E-state index is 6.06. The monoisotopic (exact) mass is 488 g/mol. The van der Waals surface area contributed by atoms with Gasteiger partial charge in [0.15, 0.2) is 5.58 Å². The molecular weight excluding hydrogens is 464 g/mol. The number of benzene rings is 5. The molecule has 0 fully saturated rings. The van der Waals surface area contributed by atoms with Crippen molar-refractivity contribution in [1.29, 1.82) is 0 Å². The van der Waals surface area contributed by atoms with Gasteiger partial charge in [-0.25, -0.2) is 0 Å². The number of pyridine rings is 1. The number of furan rings is 1. The van der Waals surface area contributed by atoms with Gasteiger partial charge in [-0.1, -0.05) is 84.9 Å². The van der Waals surface area contributed by atoms with Crippen LogP contribution in [0.5, 0.6) is 0 Å². The van der Waals surface area contributed by atoms with E-state index in [1.54, 1.807) is 0 Å². The second kappa shape index (κ2) is 9.38. The van der Waals surface area contributed by atoms with Crippen molar-refractivity contribution >= 4 is 39.1 Å². The van der Waals surface area contributed by atoms with Crippen molar-refractivity contribution in [1.82, 2.24) is 4.98 Å². The predicted molar refractivity (Wildman–Crippen MR) is 157 cm³/mol. The first kappa shape index (κ1) is 22.1. The van der Waals surface area contributed by atoms with Crippen LogP contribution in [0.1, 0.15) is 0 Å². The largest absolute Gasteiger partial charge is 0.454 e. The minimum atomic E-state index is 0.796. The highest BCUT2D eigenvalue weighted by atomic mass is 16.3. The topological polar surface area (TPSA) is 29.3 Å². The molecular formula is C35H24N2O. The van der Waals surface area contributed by atoms with Crippen molar-refractivity contribution in [3.8, 4) is 22.3 Å². The molecule has 0 aliphatic heterocycles. The van der Waals surface area contributed by atoms with Crippen LogP contribution in [0.2, 0.25) is 0 Å². The lowest BCUT2D eigenvalue weighted by Gasteiger charge is -2.26. The Morgan fingerprint density at radius 1 is 0.447 bits per heavy atom. The Morgan fingerprint density at radius 3 is 1.84 bits per heavy atom. The molecule has 0 radical (unpaired) electrons. The summed E-state index contributed by atoms with van der Waals surface area (Å²) < 4.78 is 6.06. The Morgan fingerprint density at radius 2 is 1.08 bits per heavy atom. The lowest BCUT2D eigenvalue weighted by Crippen LogP contribution is -2.10.